The van der Waals surface area contributed by atoms with Crippen molar-refractivity contribution in [3.63, 3.8) is 0 Å². The molecule has 2 aliphatic rings. The number of rotatable bonds is 14. The lowest BCUT2D eigenvalue weighted by Gasteiger charge is -2.33. The molecule has 0 spiro atoms. The maximum atomic E-state index is 12.0. The highest BCUT2D eigenvalue weighted by Gasteiger charge is 2.40. The lowest BCUT2D eigenvalue weighted by Crippen LogP contribution is -2.53. The summed E-state index contributed by atoms with van der Waals surface area (Å²) in [7, 11) is -3.70. The van der Waals surface area contributed by atoms with Gasteiger partial charge in [-0.3, -0.25) is 19.2 Å². The fraction of sp³-hybridized carbons (Fsp3) is 0.526. The van der Waals surface area contributed by atoms with Crippen LogP contribution in [0, 0.1) is 0 Å². The Morgan fingerprint density at radius 1 is 0.667 bits per heavy atom. The van der Waals surface area contributed by atoms with Crippen molar-refractivity contribution < 1.29 is 43.2 Å². The van der Waals surface area contributed by atoms with Crippen molar-refractivity contribution in [2.75, 3.05) is 0 Å². The molecule has 2 aliphatic heterocycles. The number of aryl methyl sites for hydroxylation is 2. The minimum absolute atomic E-state index is 0.0594. The third kappa shape index (κ3) is 11.0. The maximum absolute atomic E-state index is 12.0. The molecule has 0 bridgehead atoms. The van der Waals surface area contributed by atoms with E-state index in [2.05, 4.69) is 39.8 Å². The summed E-state index contributed by atoms with van der Waals surface area (Å²) < 4.78 is 0. The molecule has 2 heterocycles. The molecule has 0 saturated carbocycles. The van der Waals surface area contributed by atoms with Gasteiger partial charge in [-0.05, 0) is 51.3 Å². The Labute approximate surface area is 304 Å². The van der Waals surface area contributed by atoms with Gasteiger partial charge in [0.1, 0.15) is 0 Å². The van der Waals surface area contributed by atoms with E-state index in [4.69, 9.17) is 9.68 Å². The molecular formula is C38H54N2O9Si2. The standard InChI is InChI=1S/C19H27NO5Si.C19H27NO4Si/c1-13(2)26(24,14(3)4)16-7-5-6-15(12-16)8-11-19(23)25-20-17(21)9-10-18(20)22;1-13(2)25(14(3)4)16-7-5-6-15(12-16)8-11-19(23)24-20-17(21)9-10-18(20)22/h5-7,12-14,24H,8-11H2,1-4H3;5-7,12-14,25H,8-11H2,1-4H3. The van der Waals surface area contributed by atoms with Crippen LogP contribution in [0.4, 0.5) is 0 Å². The van der Waals surface area contributed by atoms with Gasteiger partial charge in [0.25, 0.3) is 23.6 Å². The Balaban J connectivity index is 0.000000276. The second-order valence-corrected chi connectivity index (χ2v) is 23.6. The van der Waals surface area contributed by atoms with Gasteiger partial charge in [0, 0.05) is 25.7 Å². The van der Waals surface area contributed by atoms with Gasteiger partial charge >= 0.3 is 11.9 Å². The van der Waals surface area contributed by atoms with E-state index in [1.54, 1.807) is 0 Å². The first-order valence-electron chi connectivity index (χ1n) is 18.0. The predicted octanol–water partition coefficient (Wildman–Crippen LogP) is 4.67. The molecule has 1 N–H and O–H groups in total. The maximum Gasteiger partial charge on any atom is 0.333 e. The van der Waals surface area contributed by atoms with E-state index < -0.39 is 52.7 Å². The topological polar surface area (TPSA) is 148 Å². The van der Waals surface area contributed by atoms with E-state index in [-0.39, 0.29) is 49.6 Å². The average Bonchev–Trinajstić information content (AvgIpc) is 3.56. The molecule has 2 aromatic carbocycles. The number of amides is 4. The Kier molecular flexibility index (Phi) is 15.1. The third-order valence-corrected chi connectivity index (χ3v) is 18.3. The highest BCUT2D eigenvalue weighted by atomic mass is 28.4. The first-order chi connectivity index (χ1) is 23.9. The molecule has 2 fully saturated rings. The number of hydroxylamine groups is 4. The predicted molar refractivity (Wildman–Crippen MR) is 199 cm³/mol. The monoisotopic (exact) mass is 738 g/mol. The molecule has 278 valence electrons. The SMILES string of the molecule is CC(C)[SiH](c1cccc(CCC(=O)ON2C(=O)CCC2=O)c1)C(C)C.CC(C)[Si](O)(c1cccc(CCC(=O)ON2C(=O)CCC2=O)c1)C(C)C. The number of carbonyl (C=O) groups excluding carboxylic acids is 6. The molecule has 51 heavy (non-hydrogen) atoms. The summed E-state index contributed by atoms with van der Waals surface area (Å²) in [6.45, 7) is 17.3. The molecule has 11 nitrogen and oxygen atoms in total. The summed E-state index contributed by atoms with van der Waals surface area (Å²) in [5, 5.41) is 3.56. The highest BCUT2D eigenvalue weighted by Crippen LogP contribution is 2.29. The number of imide groups is 2. The van der Waals surface area contributed by atoms with Gasteiger partial charge < -0.3 is 14.5 Å². The van der Waals surface area contributed by atoms with Crippen LogP contribution in [-0.2, 0) is 51.3 Å². The van der Waals surface area contributed by atoms with E-state index in [0.29, 0.717) is 34.1 Å². The van der Waals surface area contributed by atoms with Crippen LogP contribution in [0.3, 0.4) is 0 Å². The van der Waals surface area contributed by atoms with Crippen LogP contribution in [0.15, 0.2) is 48.5 Å². The zero-order valence-electron chi connectivity index (χ0n) is 31.3. The van der Waals surface area contributed by atoms with Crippen LogP contribution in [0.25, 0.3) is 0 Å². The Hall–Kier alpha value is -3.95. The molecule has 0 aromatic heterocycles. The Morgan fingerprint density at radius 2 is 1.06 bits per heavy atom. The summed E-state index contributed by atoms with van der Waals surface area (Å²) in [4.78, 5) is 90.9. The first kappa shape index (κ1) is 41.5. The number of nitrogens with zero attached hydrogens (tertiary/aromatic N) is 2. The fourth-order valence-corrected chi connectivity index (χ4v) is 14.2. The minimum Gasteiger partial charge on any atom is -0.427 e. The van der Waals surface area contributed by atoms with Gasteiger partial charge in [0.15, 0.2) is 0 Å². The van der Waals surface area contributed by atoms with E-state index in [0.717, 1.165) is 16.3 Å². The largest absolute Gasteiger partial charge is 0.427 e. The van der Waals surface area contributed by atoms with Gasteiger partial charge in [-0.15, -0.1) is 10.1 Å². The Bertz CT molecular complexity index is 1540. The lowest BCUT2D eigenvalue weighted by atomic mass is 10.1. The average molecular weight is 739 g/mol. The van der Waals surface area contributed by atoms with Gasteiger partial charge in [-0.25, -0.2) is 9.59 Å². The zero-order chi connectivity index (χ0) is 38.0. The van der Waals surface area contributed by atoms with Gasteiger partial charge in [-0.2, -0.15) is 0 Å². The smallest absolute Gasteiger partial charge is 0.333 e. The lowest BCUT2D eigenvalue weighted by molar-refractivity contribution is -0.197. The van der Waals surface area contributed by atoms with Crippen LogP contribution in [-0.4, -0.2) is 67.6 Å². The quantitative estimate of drug-likeness (QED) is 0.216. The highest BCUT2D eigenvalue weighted by molar-refractivity contribution is 6.87. The molecule has 4 rings (SSSR count). The molecule has 2 aromatic rings. The molecule has 0 unspecified atom stereocenters. The molecule has 0 radical (unpaired) electrons. The van der Waals surface area contributed by atoms with E-state index in [9.17, 15) is 33.6 Å². The van der Waals surface area contributed by atoms with Crippen LogP contribution < -0.4 is 10.4 Å². The van der Waals surface area contributed by atoms with Gasteiger partial charge in [0.05, 0.1) is 21.6 Å². The summed E-state index contributed by atoms with van der Waals surface area (Å²) >= 11 is 0. The van der Waals surface area contributed by atoms with Gasteiger partial charge in [0.2, 0.25) is 8.32 Å². The normalized spacial score (nSPS) is 15.1. The number of hydrogen-bond donors (Lipinski definition) is 1. The minimum atomic E-state index is -2.63. The molecular weight excluding hydrogens is 685 g/mol. The molecule has 0 aliphatic carbocycles. The van der Waals surface area contributed by atoms with Crippen molar-refractivity contribution in [2.24, 2.45) is 0 Å². The third-order valence-electron chi connectivity index (χ3n) is 9.56. The summed E-state index contributed by atoms with van der Waals surface area (Å²) in [6, 6.07) is 16.2. The van der Waals surface area contributed by atoms with Crippen LogP contribution in [0.1, 0.15) is 105 Å². The second kappa shape index (κ2) is 18.5. The summed E-state index contributed by atoms with van der Waals surface area (Å²) in [5.74, 6) is -2.99. The molecule has 0 atom stereocenters. The van der Waals surface area contributed by atoms with Crippen LogP contribution in [0.2, 0.25) is 22.2 Å². The van der Waals surface area contributed by atoms with Gasteiger partial charge in [-0.1, -0.05) is 109 Å². The van der Waals surface area contributed by atoms with Crippen molar-refractivity contribution in [3.8, 4) is 0 Å². The van der Waals surface area contributed by atoms with E-state index >= 15 is 0 Å². The van der Waals surface area contributed by atoms with E-state index in [1.165, 1.54) is 5.19 Å². The van der Waals surface area contributed by atoms with Crippen molar-refractivity contribution in [1.82, 2.24) is 10.1 Å². The zero-order valence-corrected chi connectivity index (χ0v) is 33.4. The van der Waals surface area contributed by atoms with Crippen molar-refractivity contribution in [2.45, 2.75) is 129 Å². The number of hydrogen-bond acceptors (Lipinski definition) is 9. The van der Waals surface area contributed by atoms with Crippen LogP contribution >= 0.6 is 0 Å². The van der Waals surface area contributed by atoms with Crippen molar-refractivity contribution in [3.05, 3.63) is 59.7 Å². The first-order valence-corrected chi connectivity index (χ1v) is 22.0. The number of carbonyl (C=O) groups is 6. The molecule has 2 saturated heterocycles. The Morgan fingerprint density at radius 3 is 1.45 bits per heavy atom. The summed E-state index contributed by atoms with van der Waals surface area (Å²) in [5.41, 5.74) is 3.71. The summed E-state index contributed by atoms with van der Waals surface area (Å²) in [6.07, 6.45) is 1.57. The van der Waals surface area contributed by atoms with Crippen molar-refractivity contribution >= 4 is 63.1 Å². The second-order valence-electron chi connectivity index (χ2n) is 14.7. The van der Waals surface area contributed by atoms with E-state index in [1.807, 2.05) is 64.1 Å². The molecule has 13 heteroatoms. The van der Waals surface area contributed by atoms with Crippen LogP contribution in [0.5, 0.6) is 0 Å². The number of benzene rings is 2. The fourth-order valence-electron chi connectivity index (χ4n) is 6.91. The van der Waals surface area contributed by atoms with Crippen molar-refractivity contribution in [1.29, 1.82) is 0 Å². The molecule has 4 amide bonds.